The molecule has 0 fully saturated rings. The first-order valence-corrected chi connectivity index (χ1v) is 7.67. The quantitative estimate of drug-likeness (QED) is 0.619. The highest BCUT2D eigenvalue weighted by atomic mass is 79.9. The Bertz CT molecular complexity index is 706. The first kappa shape index (κ1) is 14.8. The lowest BCUT2D eigenvalue weighted by molar-refractivity contribution is 0.0764. The zero-order valence-corrected chi connectivity index (χ0v) is 13.8. The van der Waals surface area contributed by atoms with Crippen LogP contribution in [0.4, 0.5) is 0 Å². The SMILES string of the molecule is COc1cc2c(cc1OC)C(Br)N(Cc1ccncc1)C2=O. The maximum Gasteiger partial charge on any atom is 0.255 e. The van der Waals surface area contributed by atoms with Gasteiger partial charge in [0.1, 0.15) is 4.95 Å². The first-order chi connectivity index (χ1) is 10.7. The number of pyridine rings is 1. The number of nitrogens with zero attached hydrogens (tertiary/aromatic N) is 2. The van der Waals surface area contributed by atoms with Gasteiger partial charge >= 0.3 is 0 Å². The summed E-state index contributed by atoms with van der Waals surface area (Å²) in [6, 6.07) is 7.38. The van der Waals surface area contributed by atoms with Crippen molar-refractivity contribution in [3.05, 3.63) is 53.3 Å². The molecule has 2 aromatic rings. The van der Waals surface area contributed by atoms with Crippen LogP contribution in [0.2, 0.25) is 0 Å². The number of ether oxygens (including phenoxy) is 2. The number of halogens is 1. The van der Waals surface area contributed by atoms with Gasteiger partial charge in [-0.15, -0.1) is 0 Å². The molecule has 1 amide bonds. The molecular weight excluding hydrogens is 348 g/mol. The number of hydrogen-bond acceptors (Lipinski definition) is 4. The number of carbonyl (C=O) groups is 1. The normalized spacial score (nSPS) is 16.6. The summed E-state index contributed by atoms with van der Waals surface area (Å²) >= 11 is 3.60. The molecule has 22 heavy (non-hydrogen) atoms. The average molecular weight is 363 g/mol. The molecule has 3 rings (SSSR count). The number of methoxy groups -OCH3 is 2. The highest BCUT2D eigenvalue weighted by Crippen LogP contribution is 2.43. The van der Waals surface area contributed by atoms with Crippen molar-refractivity contribution in [3.63, 3.8) is 0 Å². The molecule has 1 atom stereocenters. The summed E-state index contributed by atoms with van der Waals surface area (Å²) in [5.41, 5.74) is 2.55. The van der Waals surface area contributed by atoms with Gasteiger partial charge in [0, 0.05) is 30.1 Å². The fourth-order valence-corrected chi connectivity index (χ4v) is 3.25. The fraction of sp³-hybridized carbons (Fsp3) is 0.250. The van der Waals surface area contributed by atoms with Crippen LogP contribution in [0.25, 0.3) is 0 Å². The molecule has 0 radical (unpaired) electrons. The molecule has 1 aliphatic heterocycles. The molecule has 0 bridgehead atoms. The van der Waals surface area contributed by atoms with Crippen LogP contribution in [0.5, 0.6) is 11.5 Å². The first-order valence-electron chi connectivity index (χ1n) is 6.75. The molecule has 1 aliphatic rings. The second-order valence-corrected chi connectivity index (χ2v) is 5.79. The fourth-order valence-electron chi connectivity index (χ4n) is 2.54. The van der Waals surface area contributed by atoms with Crippen LogP contribution in [0.1, 0.15) is 26.4 Å². The van der Waals surface area contributed by atoms with Crippen molar-refractivity contribution in [2.24, 2.45) is 0 Å². The van der Waals surface area contributed by atoms with Gasteiger partial charge in [-0.2, -0.15) is 0 Å². The Kier molecular flexibility index (Phi) is 4.02. The summed E-state index contributed by atoms with van der Waals surface area (Å²) in [7, 11) is 3.14. The molecule has 1 aromatic heterocycles. The number of rotatable bonds is 4. The molecule has 0 N–H and O–H groups in total. The summed E-state index contributed by atoms with van der Waals surface area (Å²) in [6.07, 6.45) is 3.44. The predicted octanol–water partition coefficient (Wildman–Crippen LogP) is 3.15. The second kappa shape index (κ2) is 5.96. The summed E-state index contributed by atoms with van der Waals surface area (Å²) in [4.78, 5) is 18.2. The molecule has 0 aliphatic carbocycles. The van der Waals surface area contributed by atoms with E-state index < -0.39 is 0 Å². The highest BCUT2D eigenvalue weighted by molar-refractivity contribution is 9.09. The number of benzene rings is 1. The standard InChI is InChI=1S/C16H15BrN2O3/c1-21-13-7-11-12(8-14(13)22-2)16(20)19(15(11)17)9-10-3-5-18-6-4-10/h3-8,15H,9H2,1-2H3. The molecule has 1 aromatic carbocycles. The largest absolute Gasteiger partial charge is 0.493 e. The van der Waals surface area contributed by atoms with Crippen LogP contribution in [-0.2, 0) is 6.54 Å². The van der Waals surface area contributed by atoms with Gasteiger partial charge in [0.15, 0.2) is 11.5 Å². The average Bonchev–Trinajstić information content (AvgIpc) is 2.79. The molecule has 114 valence electrons. The van der Waals surface area contributed by atoms with E-state index in [4.69, 9.17) is 9.47 Å². The summed E-state index contributed by atoms with van der Waals surface area (Å²) in [5, 5.41) is 0. The molecule has 0 spiro atoms. The number of alkyl halides is 1. The van der Waals surface area contributed by atoms with Crippen molar-refractivity contribution in [3.8, 4) is 11.5 Å². The lowest BCUT2D eigenvalue weighted by Crippen LogP contribution is -2.24. The topological polar surface area (TPSA) is 51.7 Å². The van der Waals surface area contributed by atoms with E-state index in [-0.39, 0.29) is 10.9 Å². The Labute approximate surface area is 137 Å². The van der Waals surface area contributed by atoms with Gasteiger partial charge in [-0.3, -0.25) is 9.78 Å². The van der Waals surface area contributed by atoms with E-state index in [9.17, 15) is 4.79 Å². The van der Waals surface area contributed by atoms with Gasteiger partial charge in [0.05, 0.1) is 14.2 Å². The summed E-state index contributed by atoms with van der Waals surface area (Å²) in [5.74, 6) is 1.14. The predicted molar refractivity (Wildman–Crippen MR) is 85.3 cm³/mol. The number of hydrogen-bond donors (Lipinski definition) is 0. The Morgan fingerprint density at radius 1 is 1.18 bits per heavy atom. The smallest absolute Gasteiger partial charge is 0.255 e. The van der Waals surface area contributed by atoms with Gasteiger partial charge in [-0.1, -0.05) is 15.9 Å². The Morgan fingerprint density at radius 2 is 1.82 bits per heavy atom. The molecule has 0 saturated carbocycles. The number of carbonyl (C=O) groups excluding carboxylic acids is 1. The Balaban J connectivity index is 1.96. The van der Waals surface area contributed by atoms with Crippen LogP contribution < -0.4 is 9.47 Å². The van der Waals surface area contributed by atoms with Gasteiger partial charge in [0.25, 0.3) is 5.91 Å². The van der Waals surface area contributed by atoms with Crippen molar-refractivity contribution < 1.29 is 14.3 Å². The lowest BCUT2D eigenvalue weighted by atomic mass is 10.1. The zero-order valence-electron chi connectivity index (χ0n) is 12.2. The van der Waals surface area contributed by atoms with Crippen LogP contribution in [0, 0.1) is 0 Å². The van der Waals surface area contributed by atoms with Crippen LogP contribution in [0.3, 0.4) is 0 Å². The van der Waals surface area contributed by atoms with Crippen molar-refractivity contribution in [1.82, 2.24) is 9.88 Å². The number of fused-ring (bicyclic) bond motifs is 1. The molecular formula is C16H15BrN2O3. The van der Waals surface area contributed by atoms with Crippen molar-refractivity contribution in [1.29, 1.82) is 0 Å². The van der Waals surface area contributed by atoms with E-state index >= 15 is 0 Å². The number of amides is 1. The molecule has 2 heterocycles. The van der Waals surface area contributed by atoms with E-state index in [0.29, 0.717) is 23.6 Å². The molecule has 0 saturated heterocycles. The van der Waals surface area contributed by atoms with Gasteiger partial charge in [0.2, 0.25) is 0 Å². The van der Waals surface area contributed by atoms with Gasteiger partial charge < -0.3 is 14.4 Å². The van der Waals surface area contributed by atoms with Crippen molar-refractivity contribution in [2.45, 2.75) is 11.5 Å². The van der Waals surface area contributed by atoms with Crippen molar-refractivity contribution >= 4 is 21.8 Å². The van der Waals surface area contributed by atoms with E-state index in [2.05, 4.69) is 20.9 Å². The minimum absolute atomic E-state index is 0.0327. The van der Waals surface area contributed by atoms with Crippen LogP contribution >= 0.6 is 15.9 Å². The maximum absolute atomic E-state index is 12.7. The summed E-state index contributed by atoms with van der Waals surface area (Å²) in [6.45, 7) is 0.510. The highest BCUT2D eigenvalue weighted by Gasteiger charge is 2.36. The maximum atomic E-state index is 12.7. The van der Waals surface area contributed by atoms with E-state index in [1.165, 1.54) is 0 Å². The second-order valence-electron chi connectivity index (χ2n) is 4.92. The molecule has 1 unspecified atom stereocenters. The van der Waals surface area contributed by atoms with Crippen LogP contribution in [0.15, 0.2) is 36.7 Å². The molecule has 6 heteroatoms. The van der Waals surface area contributed by atoms with E-state index in [1.54, 1.807) is 37.6 Å². The molecule has 5 nitrogen and oxygen atoms in total. The Morgan fingerprint density at radius 3 is 2.45 bits per heavy atom. The minimum Gasteiger partial charge on any atom is -0.493 e. The summed E-state index contributed by atoms with van der Waals surface area (Å²) < 4.78 is 10.6. The van der Waals surface area contributed by atoms with Crippen molar-refractivity contribution in [2.75, 3.05) is 14.2 Å². The monoisotopic (exact) mass is 362 g/mol. The number of aromatic nitrogens is 1. The van der Waals surface area contributed by atoms with Gasteiger partial charge in [-0.25, -0.2) is 0 Å². The third kappa shape index (κ3) is 2.43. The Hall–Kier alpha value is -2.08. The van der Waals surface area contributed by atoms with Gasteiger partial charge in [-0.05, 0) is 29.8 Å². The van der Waals surface area contributed by atoms with E-state index in [1.807, 2.05) is 18.2 Å². The van der Waals surface area contributed by atoms with Crippen LogP contribution in [-0.4, -0.2) is 30.0 Å². The zero-order chi connectivity index (χ0) is 15.7. The third-order valence-electron chi connectivity index (χ3n) is 3.68. The lowest BCUT2D eigenvalue weighted by Gasteiger charge is -2.20. The van der Waals surface area contributed by atoms with E-state index in [0.717, 1.165) is 11.1 Å². The minimum atomic E-state index is -0.192. The third-order valence-corrected chi connectivity index (χ3v) is 4.67.